The van der Waals surface area contributed by atoms with Crippen molar-refractivity contribution in [3.63, 3.8) is 0 Å². The van der Waals surface area contributed by atoms with Crippen molar-refractivity contribution in [1.82, 2.24) is 20.2 Å². The van der Waals surface area contributed by atoms with Crippen LogP contribution in [0.4, 0.5) is 5.82 Å². The highest BCUT2D eigenvalue weighted by Gasteiger charge is 2.24. The molecule has 1 aliphatic heterocycles. The van der Waals surface area contributed by atoms with Gasteiger partial charge in [0.15, 0.2) is 5.82 Å². The highest BCUT2D eigenvalue weighted by atomic mass is 16.1. The molecule has 2 aromatic carbocycles. The van der Waals surface area contributed by atoms with Crippen LogP contribution in [0, 0.1) is 0 Å². The molecule has 6 heteroatoms. The van der Waals surface area contributed by atoms with Gasteiger partial charge < -0.3 is 15.1 Å². The number of aromatic nitrogens is 2. The van der Waals surface area contributed by atoms with Crippen molar-refractivity contribution < 1.29 is 4.79 Å². The van der Waals surface area contributed by atoms with Gasteiger partial charge in [0.1, 0.15) is 11.4 Å². The zero-order valence-electron chi connectivity index (χ0n) is 17.5. The van der Waals surface area contributed by atoms with E-state index in [9.17, 15) is 4.79 Å². The first-order valence-corrected chi connectivity index (χ1v) is 10.3. The van der Waals surface area contributed by atoms with E-state index in [1.165, 1.54) is 11.1 Å². The van der Waals surface area contributed by atoms with Gasteiger partial charge in [-0.2, -0.15) is 0 Å². The fourth-order valence-corrected chi connectivity index (χ4v) is 3.67. The molecule has 0 spiro atoms. The quantitative estimate of drug-likeness (QED) is 0.688. The number of amides is 1. The molecule has 2 heterocycles. The molecule has 0 unspecified atom stereocenters. The number of fused-ring (bicyclic) bond motifs is 1. The average molecular weight is 402 g/mol. The van der Waals surface area contributed by atoms with Crippen LogP contribution in [0.15, 0.2) is 60.8 Å². The normalized spacial score (nSPS) is 13.2. The van der Waals surface area contributed by atoms with Crippen LogP contribution < -0.4 is 10.2 Å². The summed E-state index contributed by atoms with van der Waals surface area (Å²) in [5, 5.41) is 3.00. The molecule has 1 aromatic heterocycles. The van der Waals surface area contributed by atoms with E-state index in [-0.39, 0.29) is 5.91 Å². The molecule has 0 saturated heterocycles. The van der Waals surface area contributed by atoms with Crippen molar-refractivity contribution in [3.05, 3.63) is 77.5 Å². The smallest absolute Gasteiger partial charge is 0.256 e. The maximum atomic E-state index is 12.9. The number of anilines is 1. The average Bonchev–Trinajstić information content (AvgIpc) is 2.78. The molecule has 1 N–H and O–H groups in total. The molecular formula is C24H27N5O. The summed E-state index contributed by atoms with van der Waals surface area (Å²) < 4.78 is 0. The number of benzene rings is 2. The lowest BCUT2D eigenvalue weighted by molar-refractivity contribution is 0.0951. The monoisotopic (exact) mass is 401 g/mol. The molecule has 4 rings (SSSR count). The van der Waals surface area contributed by atoms with Gasteiger partial charge in [-0.25, -0.2) is 9.97 Å². The molecule has 6 nitrogen and oxygen atoms in total. The zero-order chi connectivity index (χ0) is 20.9. The summed E-state index contributed by atoms with van der Waals surface area (Å²) in [6.07, 6.45) is 2.60. The van der Waals surface area contributed by atoms with Crippen molar-refractivity contribution >= 4 is 11.7 Å². The molecule has 30 heavy (non-hydrogen) atoms. The van der Waals surface area contributed by atoms with Gasteiger partial charge in [-0.1, -0.05) is 54.6 Å². The Balaban J connectivity index is 1.67. The van der Waals surface area contributed by atoms with Gasteiger partial charge in [-0.3, -0.25) is 4.79 Å². The largest absolute Gasteiger partial charge is 0.351 e. The third-order valence-electron chi connectivity index (χ3n) is 5.32. The SMILES string of the molecule is CN(C)CCNC(=O)c1cnc(-c2ccccc2)nc1N1CCc2ccccc2C1. The molecule has 0 radical (unpaired) electrons. The molecule has 1 aliphatic rings. The van der Waals surface area contributed by atoms with Gasteiger partial charge in [-0.15, -0.1) is 0 Å². The number of carbonyl (C=O) groups excluding carboxylic acids is 1. The van der Waals surface area contributed by atoms with E-state index in [1.807, 2.05) is 49.3 Å². The molecule has 0 atom stereocenters. The van der Waals surface area contributed by atoms with Crippen LogP contribution in [0.1, 0.15) is 21.5 Å². The summed E-state index contributed by atoms with van der Waals surface area (Å²) >= 11 is 0. The van der Waals surface area contributed by atoms with Crippen LogP contribution in [0.5, 0.6) is 0 Å². The lowest BCUT2D eigenvalue weighted by Crippen LogP contribution is -2.36. The topological polar surface area (TPSA) is 61.4 Å². The minimum absolute atomic E-state index is 0.134. The summed E-state index contributed by atoms with van der Waals surface area (Å²) in [7, 11) is 3.97. The maximum absolute atomic E-state index is 12.9. The summed E-state index contributed by atoms with van der Waals surface area (Å²) in [5.74, 6) is 1.19. The van der Waals surface area contributed by atoms with Crippen LogP contribution in [-0.2, 0) is 13.0 Å². The first-order chi connectivity index (χ1) is 14.6. The lowest BCUT2D eigenvalue weighted by atomic mass is 9.99. The van der Waals surface area contributed by atoms with Crippen LogP contribution in [0.2, 0.25) is 0 Å². The van der Waals surface area contributed by atoms with Crippen molar-refractivity contribution in [3.8, 4) is 11.4 Å². The number of rotatable bonds is 6. The molecule has 3 aromatic rings. The molecule has 0 aliphatic carbocycles. The second-order valence-corrected chi connectivity index (χ2v) is 7.80. The Morgan fingerprint density at radius 2 is 1.80 bits per heavy atom. The molecule has 0 bridgehead atoms. The predicted octanol–water partition coefficient (Wildman–Crippen LogP) is 3.00. The summed E-state index contributed by atoms with van der Waals surface area (Å²) in [6.45, 7) is 2.91. The van der Waals surface area contributed by atoms with Gasteiger partial charge in [0.05, 0.1) is 0 Å². The van der Waals surface area contributed by atoms with Crippen molar-refractivity contribution in [2.24, 2.45) is 0 Å². The Morgan fingerprint density at radius 3 is 2.57 bits per heavy atom. The third-order valence-corrected chi connectivity index (χ3v) is 5.32. The zero-order valence-corrected chi connectivity index (χ0v) is 17.5. The Kier molecular flexibility index (Phi) is 6.05. The standard InChI is InChI=1S/C24H27N5O/c1-28(2)15-13-25-24(30)21-16-26-22(19-9-4-3-5-10-19)27-23(21)29-14-12-18-8-6-7-11-20(18)17-29/h3-11,16H,12-15,17H2,1-2H3,(H,25,30). The summed E-state index contributed by atoms with van der Waals surface area (Å²) in [5.41, 5.74) is 4.11. The molecular weight excluding hydrogens is 374 g/mol. The van der Waals surface area contributed by atoms with E-state index >= 15 is 0 Å². The van der Waals surface area contributed by atoms with E-state index in [1.54, 1.807) is 6.20 Å². The van der Waals surface area contributed by atoms with E-state index in [0.29, 0.717) is 23.8 Å². The van der Waals surface area contributed by atoms with Crippen LogP contribution in [0.3, 0.4) is 0 Å². The Hall–Kier alpha value is -3.25. The van der Waals surface area contributed by atoms with E-state index in [2.05, 4.69) is 39.5 Å². The van der Waals surface area contributed by atoms with Gasteiger partial charge in [-0.05, 0) is 31.6 Å². The molecule has 1 amide bonds. The molecule has 0 fully saturated rings. The fraction of sp³-hybridized carbons (Fsp3) is 0.292. The van der Waals surface area contributed by atoms with Crippen molar-refractivity contribution in [1.29, 1.82) is 0 Å². The summed E-state index contributed by atoms with van der Waals surface area (Å²) in [4.78, 5) is 26.5. The van der Waals surface area contributed by atoms with Crippen molar-refractivity contribution in [2.45, 2.75) is 13.0 Å². The minimum Gasteiger partial charge on any atom is -0.351 e. The second kappa shape index (κ2) is 9.05. The van der Waals surface area contributed by atoms with Crippen LogP contribution in [0.25, 0.3) is 11.4 Å². The predicted molar refractivity (Wildman–Crippen MR) is 120 cm³/mol. The Labute approximate surface area is 177 Å². The summed E-state index contributed by atoms with van der Waals surface area (Å²) in [6, 6.07) is 18.4. The molecule has 0 saturated carbocycles. The fourth-order valence-electron chi connectivity index (χ4n) is 3.67. The van der Waals surface area contributed by atoms with Crippen LogP contribution in [-0.4, -0.2) is 54.5 Å². The first kappa shape index (κ1) is 20.0. The number of nitrogens with zero attached hydrogens (tertiary/aromatic N) is 4. The van der Waals surface area contributed by atoms with Gasteiger partial charge in [0, 0.05) is 37.9 Å². The van der Waals surface area contributed by atoms with Gasteiger partial charge in [0.2, 0.25) is 0 Å². The number of likely N-dealkylation sites (N-methyl/N-ethyl adjacent to an activating group) is 1. The number of hydrogen-bond donors (Lipinski definition) is 1. The van der Waals surface area contributed by atoms with E-state index < -0.39 is 0 Å². The maximum Gasteiger partial charge on any atom is 0.256 e. The third kappa shape index (κ3) is 4.49. The Bertz CT molecular complexity index is 1020. The second-order valence-electron chi connectivity index (χ2n) is 7.80. The number of nitrogens with one attached hydrogen (secondary N) is 1. The van der Waals surface area contributed by atoms with Gasteiger partial charge in [0.25, 0.3) is 5.91 Å². The van der Waals surface area contributed by atoms with E-state index in [4.69, 9.17) is 4.98 Å². The van der Waals surface area contributed by atoms with Crippen molar-refractivity contribution in [2.75, 3.05) is 38.6 Å². The number of carbonyl (C=O) groups is 1. The lowest BCUT2D eigenvalue weighted by Gasteiger charge is -2.31. The first-order valence-electron chi connectivity index (χ1n) is 10.3. The Morgan fingerprint density at radius 1 is 1.07 bits per heavy atom. The number of hydrogen-bond acceptors (Lipinski definition) is 5. The minimum atomic E-state index is -0.134. The highest BCUT2D eigenvalue weighted by Crippen LogP contribution is 2.27. The van der Waals surface area contributed by atoms with Gasteiger partial charge >= 0.3 is 0 Å². The molecule has 154 valence electrons. The van der Waals surface area contributed by atoms with E-state index in [0.717, 1.165) is 31.6 Å². The van der Waals surface area contributed by atoms with Crippen LogP contribution >= 0.6 is 0 Å². The highest BCUT2D eigenvalue weighted by molar-refractivity contribution is 5.99.